The van der Waals surface area contributed by atoms with Crippen molar-refractivity contribution in [2.75, 3.05) is 12.0 Å². The number of hydrogen-bond acceptors (Lipinski definition) is 5. The maximum Gasteiger partial charge on any atom is 0.254 e. The summed E-state index contributed by atoms with van der Waals surface area (Å²) >= 11 is 17.7. The predicted octanol–water partition coefficient (Wildman–Crippen LogP) is 4.28. The van der Waals surface area contributed by atoms with Gasteiger partial charge < -0.3 is 5.11 Å². The van der Waals surface area contributed by atoms with Crippen LogP contribution in [-0.4, -0.2) is 60.3 Å². The number of carbonyl (C=O) groups is 4. The number of benzene rings is 2. The Bertz CT molecular complexity index is 1450. The van der Waals surface area contributed by atoms with Crippen LogP contribution in [0.5, 0.6) is 5.75 Å². The standard InChI is InChI=1S/C27H23BrCl2N2O5/c1-2-31-22(34)17-8-7-16-18(20(17)23(31)35)11-26(29)24(36)32(12-28)25(37)27(26,30)21(16)15-9-10-19(33)14-6-4-3-5-13(14)15/h3-7,9-10,17-18,20-21,33H,2,8,11-12H2,1H3/t17-,18+,20-,21-,26+,27-/m0/s1. The van der Waals surface area contributed by atoms with Gasteiger partial charge >= 0.3 is 0 Å². The van der Waals surface area contributed by atoms with E-state index in [1.54, 1.807) is 25.1 Å². The maximum absolute atomic E-state index is 13.9. The molecule has 6 atom stereocenters. The Kier molecular flexibility index (Phi) is 5.58. The van der Waals surface area contributed by atoms with Crippen molar-refractivity contribution in [3.8, 4) is 5.75 Å². The number of phenols is 1. The number of amides is 4. The average Bonchev–Trinajstić information content (AvgIpc) is 3.22. The second-order valence-corrected chi connectivity index (χ2v) is 11.9. The van der Waals surface area contributed by atoms with Gasteiger partial charge in [-0.1, -0.05) is 57.9 Å². The second-order valence-electron chi connectivity index (χ2n) is 10.1. The highest BCUT2D eigenvalue weighted by Crippen LogP contribution is 2.66. The molecule has 0 aromatic heterocycles. The molecule has 2 heterocycles. The molecule has 2 saturated heterocycles. The number of alkyl halides is 3. The van der Waals surface area contributed by atoms with Crippen LogP contribution in [0.25, 0.3) is 10.8 Å². The van der Waals surface area contributed by atoms with E-state index in [1.165, 1.54) is 11.0 Å². The van der Waals surface area contributed by atoms with Crippen LogP contribution in [0.3, 0.4) is 0 Å². The normalized spacial score (nSPS) is 35.1. The molecule has 0 spiro atoms. The quantitative estimate of drug-likeness (QED) is 0.244. The molecule has 2 aliphatic carbocycles. The molecule has 7 nitrogen and oxygen atoms in total. The zero-order chi connectivity index (χ0) is 26.4. The van der Waals surface area contributed by atoms with Gasteiger partial charge in [-0.15, -0.1) is 23.2 Å². The van der Waals surface area contributed by atoms with Crippen LogP contribution in [0.4, 0.5) is 0 Å². The minimum absolute atomic E-state index is 0.0395. The average molecular weight is 606 g/mol. The largest absolute Gasteiger partial charge is 0.507 e. The van der Waals surface area contributed by atoms with Gasteiger partial charge in [-0.05, 0) is 42.7 Å². The van der Waals surface area contributed by atoms with Gasteiger partial charge in [0, 0.05) is 17.8 Å². The van der Waals surface area contributed by atoms with Crippen molar-refractivity contribution < 1.29 is 24.3 Å². The van der Waals surface area contributed by atoms with Crippen LogP contribution < -0.4 is 0 Å². The summed E-state index contributed by atoms with van der Waals surface area (Å²) in [6.07, 6.45) is 2.20. The van der Waals surface area contributed by atoms with Crippen molar-refractivity contribution in [3.05, 3.63) is 53.6 Å². The molecule has 0 bridgehead atoms. The number of halogens is 3. The van der Waals surface area contributed by atoms with Gasteiger partial charge in [0.25, 0.3) is 11.8 Å². The first-order chi connectivity index (χ1) is 17.6. The first-order valence-electron chi connectivity index (χ1n) is 12.2. The number of imide groups is 2. The van der Waals surface area contributed by atoms with Gasteiger partial charge in [0.15, 0.2) is 9.75 Å². The molecule has 192 valence electrons. The van der Waals surface area contributed by atoms with Gasteiger partial charge in [-0.25, -0.2) is 0 Å². The van der Waals surface area contributed by atoms with Crippen molar-refractivity contribution >= 4 is 73.5 Å². The number of phenolic OH excluding ortho intramolecular Hbond substituents is 1. The number of allylic oxidation sites excluding steroid dienone is 2. The zero-order valence-corrected chi connectivity index (χ0v) is 22.9. The van der Waals surface area contributed by atoms with E-state index in [0.717, 1.165) is 10.5 Å². The Morgan fingerprint density at radius 2 is 1.68 bits per heavy atom. The summed E-state index contributed by atoms with van der Waals surface area (Å²) in [4.78, 5) is 52.7. The van der Waals surface area contributed by atoms with E-state index in [2.05, 4.69) is 15.9 Å². The van der Waals surface area contributed by atoms with Crippen molar-refractivity contribution in [3.63, 3.8) is 0 Å². The predicted molar refractivity (Wildman–Crippen MR) is 141 cm³/mol. The number of aromatic hydroxyl groups is 1. The summed E-state index contributed by atoms with van der Waals surface area (Å²) in [5.74, 6) is -4.31. The van der Waals surface area contributed by atoms with Gasteiger partial charge in [0.1, 0.15) is 5.75 Å². The Morgan fingerprint density at radius 3 is 2.35 bits per heavy atom. The van der Waals surface area contributed by atoms with E-state index in [1.807, 2.05) is 18.2 Å². The third kappa shape index (κ3) is 2.95. The fraction of sp³-hybridized carbons (Fsp3) is 0.407. The number of nitrogens with zero attached hydrogens (tertiary/aromatic N) is 2. The van der Waals surface area contributed by atoms with Crippen LogP contribution in [0.15, 0.2) is 48.0 Å². The van der Waals surface area contributed by atoms with Gasteiger partial charge in [-0.2, -0.15) is 0 Å². The van der Waals surface area contributed by atoms with Gasteiger partial charge in [-0.3, -0.25) is 29.0 Å². The number of rotatable bonds is 3. The number of hydrogen-bond donors (Lipinski definition) is 1. The lowest BCUT2D eigenvalue weighted by atomic mass is 9.56. The molecule has 1 saturated carbocycles. The molecule has 2 aliphatic heterocycles. The Labute approximate surface area is 231 Å². The van der Waals surface area contributed by atoms with Crippen LogP contribution in [0.1, 0.15) is 31.2 Å². The summed E-state index contributed by atoms with van der Waals surface area (Å²) in [5, 5.41) is 11.8. The second kappa shape index (κ2) is 8.29. The third-order valence-corrected chi connectivity index (χ3v) is 10.6. The van der Waals surface area contributed by atoms with Crippen molar-refractivity contribution in [1.29, 1.82) is 0 Å². The van der Waals surface area contributed by atoms with E-state index in [9.17, 15) is 24.3 Å². The van der Waals surface area contributed by atoms with Crippen molar-refractivity contribution in [1.82, 2.24) is 9.80 Å². The third-order valence-electron chi connectivity index (χ3n) is 8.67. The van der Waals surface area contributed by atoms with Crippen LogP contribution in [0.2, 0.25) is 0 Å². The van der Waals surface area contributed by atoms with Crippen molar-refractivity contribution in [2.24, 2.45) is 17.8 Å². The molecule has 2 aromatic carbocycles. The van der Waals surface area contributed by atoms with Crippen LogP contribution in [-0.2, 0) is 19.2 Å². The summed E-state index contributed by atoms with van der Waals surface area (Å²) in [5.41, 5.74) is 1.29. The lowest BCUT2D eigenvalue weighted by Crippen LogP contribution is -2.60. The fourth-order valence-corrected chi connectivity index (χ4v) is 8.45. The molecule has 3 fully saturated rings. The monoisotopic (exact) mass is 604 g/mol. The van der Waals surface area contributed by atoms with Crippen LogP contribution in [0, 0.1) is 17.8 Å². The molecule has 0 radical (unpaired) electrons. The molecule has 10 heteroatoms. The van der Waals surface area contributed by atoms with E-state index >= 15 is 0 Å². The summed E-state index contributed by atoms with van der Waals surface area (Å²) in [7, 11) is 0. The Balaban J connectivity index is 1.64. The van der Waals surface area contributed by atoms with Crippen LogP contribution >= 0.6 is 39.1 Å². The zero-order valence-electron chi connectivity index (χ0n) is 19.8. The Morgan fingerprint density at radius 1 is 0.973 bits per heavy atom. The molecule has 37 heavy (non-hydrogen) atoms. The molecule has 2 aromatic rings. The highest BCUT2D eigenvalue weighted by molar-refractivity contribution is 9.09. The molecular weight excluding hydrogens is 583 g/mol. The first-order valence-corrected chi connectivity index (χ1v) is 14.1. The maximum atomic E-state index is 13.9. The molecular formula is C27H23BrCl2N2O5. The first kappa shape index (κ1) is 24.9. The van der Waals surface area contributed by atoms with Crippen molar-refractivity contribution in [2.45, 2.75) is 35.4 Å². The summed E-state index contributed by atoms with van der Waals surface area (Å²) < 4.78 is 0. The van der Waals surface area contributed by atoms with E-state index in [4.69, 9.17) is 23.2 Å². The summed E-state index contributed by atoms with van der Waals surface area (Å²) in [6, 6.07) is 10.4. The van der Waals surface area contributed by atoms with Gasteiger partial charge in [0.2, 0.25) is 11.8 Å². The summed E-state index contributed by atoms with van der Waals surface area (Å²) in [6.45, 7) is 2.02. The number of likely N-dealkylation sites (tertiary alicyclic amines) is 2. The molecule has 1 N–H and O–H groups in total. The highest BCUT2D eigenvalue weighted by Gasteiger charge is 2.76. The fourth-order valence-electron chi connectivity index (χ4n) is 7.03. The number of carbonyl (C=O) groups excluding carboxylic acids is 4. The molecule has 6 rings (SSSR count). The Hall–Kier alpha value is -2.42. The minimum Gasteiger partial charge on any atom is -0.507 e. The topological polar surface area (TPSA) is 95.0 Å². The lowest BCUT2D eigenvalue weighted by Gasteiger charge is -2.51. The lowest BCUT2D eigenvalue weighted by molar-refractivity contribution is -0.141. The highest BCUT2D eigenvalue weighted by atomic mass is 79.9. The van der Waals surface area contributed by atoms with Gasteiger partial charge in [0.05, 0.1) is 17.3 Å². The molecule has 4 aliphatic rings. The smallest absolute Gasteiger partial charge is 0.254 e. The van der Waals surface area contributed by atoms with E-state index < -0.39 is 45.2 Å². The number of fused-ring (bicyclic) bond motifs is 5. The molecule has 4 amide bonds. The van der Waals surface area contributed by atoms with E-state index in [0.29, 0.717) is 22.8 Å². The SMILES string of the molecule is CCN1C(=O)[C@H]2[C@H](CC=C3[C@H]2C[C@@]2(Cl)C(=O)N(CBr)C(=O)[C@@]2(Cl)[C@H]3c2ccc(O)c3ccccc23)C1=O. The minimum atomic E-state index is -1.87. The molecule has 0 unspecified atom stereocenters. The van der Waals surface area contributed by atoms with E-state index in [-0.39, 0.29) is 36.0 Å².